The number of aromatic nitrogens is 1. The zero-order valence-electron chi connectivity index (χ0n) is 13.7. The van der Waals surface area contributed by atoms with Gasteiger partial charge in [-0.15, -0.1) is 0 Å². The molecule has 0 atom stereocenters. The molecule has 1 aromatic heterocycles. The quantitative estimate of drug-likeness (QED) is 0.724. The molecule has 0 radical (unpaired) electrons. The monoisotopic (exact) mass is 349 g/mol. The van der Waals surface area contributed by atoms with Crippen LogP contribution in [0.25, 0.3) is 11.3 Å². The summed E-state index contributed by atoms with van der Waals surface area (Å²) < 4.78 is 25.2. The minimum absolute atomic E-state index is 0.108. The number of pyridine rings is 1. The molecular formula is C19H21ClFNO2. The van der Waals surface area contributed by atoms with Crippen molar-refractivity contribution in [1.82, 2.24) is 4.98 Å². The van der Waals surface area contributed by atoms with Crippen LogP contribution in [0.3, 0.4) is 0 Å². The van der Waals surface area contributed by atoms with Crippen LogP contribution in [0.5, 0.6) is 0 Å². The normalized spacial score (nSPS) is 21.0. The summed E-state index contributed by atoms with van der Waals surface area (Å²) in [6.07, 6.45) is 4.89. The molecule has 24 heavy (non-hydrogen) atoms. The van der Waals surface area contributed by atoms with Gasteiger partial charge in [-0.25, -0.2) is 4.39 Å². The highest BCUT2D eigenvalue weighted by atomic mass is 35.5. The zero-order valence-corrected chi connectivity index (χ0v) is 14.4. The lowest BCUT2D eigenvalue weighted by Crippen LogP contribution is -2.27. The van der Waals surface area contributed by atoms with Gasteiger partial charge in [0.1, 0.15) is 5.82 Å². The van der Waals surface area contributed by atoms with Crippen LogP contribution >= 0.6 is 11.6 Å². The van der Waals surface area contributed by atoms with Crippen molar-refractivity contribution in [2.24, 2.45) is 5.92 Å². The van der Waals surface area contributed by atoms with Gasteiger partial charge in [0, 0.05) is 23.2 Å². The summed E-state index contributed by atoms with van der Waals surface area (Å²) in [5, 5.41) is 0.108. The first-order valence-electron chi connectivity index (χ1n) is 8.32. The van der Waals surface area contributed by atoms with Gasteiger partial charge in [0.15, 0.2) is 6.29 Å². The van der Waals surface area contributed by atoms with E-state index in [2.05, 4.69) is 11.9 Å². The molecule has 0 aliphatic carbocycles. The number of halogens is 2. The molecule has 0 unspecified atom stereocenters. The largest absolute Gasteiger partial charge is 0.348 e. The Hall–Kier alpha value is -1.49. The second-order valence-electron chi connectivity index (χ2n) is 6.11. The topological polar surface area (TPSA) is 31.4 Å². The maximum atomic E-state index is 13.6. The van der Waals surface area contributed by atoms with Crippen molar-refractivity contribution >= 4 is 11.6 Å². The van der Waals surface area contributed by atoms with Gasteiger partial charge >= 0.3 is 0 Å². The third-order valence-electron chi connectivity index (χ3n) is 4.21. The van der Waals surface area contributed by atoms with Gasteiger partial charge in [-0.2, -0.15) is 0 Å². The van der Waals surface area contributed by atoms with Crippen LogP contribution in [-0.2, 0) is 9.47 Å². The second kappa shape index (κ2) is 8.06. The van der Waals surface area contributed by atoms with Gasteiger partial charge in [0.2, 0.25) is 0 Å². The van der Waals surface area contributed by atoms with Gasteiger partial charge in [0.05, 0.1) is 23.9 Å². The first-order valence-corrected chi connectivity index (χ1v) is 8.69. The predicted molar refractivity (Wildman–Crippen MR) is 92.3 cm³/mol. The molecule has 1 aromatic carbocycles. The maximum absolute atomic E-state index is 13.6. The van der Waals surface area contributed by atoms with Crippen LogP contribution in [0.1, 0.15) is 38.0 Å². The lowest BCUT2D eigenvalue weighted by molar-refractivity contribution is -0.206. The van der Waals surface area contributed by atoms with Gasteiger partial charge in [-0.05, 0) is 24.6 Å². The molecule has 1 aliphatic rings. The highest BCUT2D eigenvalue weighted by Gasteiger charge is 2.23. The van der Waals surface area contributed by atoms with Crippen molar-refractivity contribution in [3.63, 3.8) is 0 Å². The number of hydrogen-bond donors (Lipinski definition) is 0. The lowest BCUT2D eigenvalue weighted by Gasteiger charge is -2.29. The summed E-state index contributed by atoms with van der Waals surface area (Å²) >= 11 is 5.71. The Morgan fingerprint density at radius 2 is 2.00 bits per heavy atom. The van der Waals surface area contributed by atoms with Crippen LogP contribution in [-0.4, -0.2) is 18.2 Å². The molecule has 0 bridgehead atoms. The standard InChI is InChI=1S/C19H21ClFNO2/c1-2-3-4-13-11-23-19(24-12-13)15-6-8-18(22-10-15)14-5-7-16(20)17(21)9-14/h5-10,13,19H,2-4,11-12H2,1H3/t13-,19-. The average molecular weight is 350 g/mol. The van der Waals surface area contributed by atoms with Crippen molar-refractivity contribution in [2.75, 3.05) is 13.2 Å². The van der Waals surface area contributed by atoms with E-state index in [0.717, 1.165) is 25.2 Å². The molecule has 0 saturated carbocycles. The SMILES string of the molecule is CCCC[C@H]1CO[C@H](c2ccc(-c3ccc(Cl)c(F)c3)nc2)OC1. The van der Waals surface area contributed by atoms with Crippen LogP contribution in [0, 0.1) is 11.7 Å². The summed E-state index contributed by atoms with van der Waals surface area (Å²) in [6.45, 7) is 3.62. The summed E-state index contributed by atoms with van der Waals surface area (Å²) in [5.74, 6) is 0.0302. The summed E-state index contributed by atoms with van der Waals surface area (Å²) in [4.78, 5) is 4.39. The maximum Gasteiger partial charge on any atom is 0.185 e. The fourth-order valence-electron chi connectivity index (χ4n) is 2.77. The minimum atomic E-state index is -0.447. The molecule has 3 rings (SSSR count). The van der Waals surface area contributed by atoms with E-state index in [-0.39, 0.29) is 11.3 Å². The number of ether oxygens (including phenoxy) is 2. The molecule has 0 amide bonds. The fraction of sp³-hybridized carbons (Fsp3) is 0.421. The van der Waals surface area contributed by atoms with Gasteiger partial charge in [-0.3, -0.25) is 4.98 Å². The number of hydrogen-bond acceptors (Lipinski definition) is 3. The summed E-state index contributed by atoms with van der Waals surface area (Å²) in [7, 11) is 0. The molecule has 0 N–H and O–H groups in total. The molecule has 1 fully saturated rings. The predicted octanol–water partition coefficient (Wildman–Crippen LogP) is 5.39. The Kier molecular flexibility index (Phi) is 5.82. The molecule has 3 nitrogen and oxygen atoms in total. The van der Waals surface area contributed by atoms with Crippen LogP contribution in [0.15, 0.2) is 36.5 Å². The Balaban J connectivity index is 1.64. The van der Waals surface area contributed by atoms with Crippen LogP contribution in [0.4, 0.5) is 4.39 Å². The highest BCUT2D eigenvalue weighted by molar-refractivity contribution is 6.30. The fourth-order valence-corrected chi connectivity index (χ4v) is 2.88. The first kappa shape index (κ1) is 17.3. The first-order chi connectivity index (χ1) is 11.7. The van der Waals surface area contributed by atoms with Crippen molar-refractivity contribution in [1.29, 1.82) is 0 Å². The molecule has 2 heterocycles. The summed E-state index contributed by atoms with van der Waals surface area (Å²) in [6, 6.07) is 8.42. The van der Waals surface area contributed by atoms with Crippen LogP contribution < -0.4 is 0 Å². The van der Waals surface area contributed by atoms with E-state index in [1.807, 2.05) is 12.1 Å². The lowest BCUT2D eigenvalue weighted by atomic mass is 10.0. The van der Waals surface area contributed by atoms with Crippen molar-refractivity contribution in [3.8, 4) is 11.3 Å². The van der Waals surface area contributed by atoms with E-state index in [1.165, 1.54) is 25.0 Å². The second-order valence-corrected chi connectivity index (χ2v) is 6.52. The third-order valence-corrected chi connectivity index (χ3v) is 4.51. The summed E-state index contributed by atoms with van der Waals surface area (Å²) in [5.41, 5.74) is 2.25. The van der Waals surface area contributed by atoms with Gasteiger partial charge in [-0.1, -0.05) is 43.5 Å². The van der Waals surface area contributed by atoms with Crippen molar-refractivity contribution < 1.29 is 13.9 Å². The zero-order chi connectivity index (χ0) is 16.9. The Labute approximate surface area is 146 Å². The number of benzene rings is 1. The van der Waals surface area contributed by atoms with E-state index in [1.54, 1.807) is 12.3 Å². The van der Waals surface area contributed by atoms with E-state index in [0.29, 0.717) is 17.2 Å². The number of rotatable bonds is 5. The van der Waals surface area contributed by atoms with Crippen molar-refractivity contribution in [2.45, 2.75) is 32.5 Å². The molecule has 1 saturated heterocycles. The minimum Gasteiger partial charge on any atom is -0.348 e. The highest BCUT2D eigenvalue weighted by Crippen LogP contribution is 2.28. The molecule has 0 spiro atoms. The molecule has 128 valence electrons. The van der Waals surface area contributed by atoms with E-state index >= 15 is 0 Å². The molecular weight excluding hydrogens is 329 g/mol. The molecule has 5 heteroatoms. The van der Waals surface area contributed by atoms with Crippen LogP contribution in [0.2, 0.25) is 5.02 Å². The Morgan fingerprint density at radius 3 is 2.62 bits per heavy atom. The Bertz CT molecular complexity index is 670. The third kappa shape index (κ3) is 4.12. The van der Waals surface area contributed by atoms with E-state index in [4.69, 9.17) is 21.1 Å². The average Bonchev–Trinajstić information content (AvgIpc) is 2.63. The smallest absolute Gasteiger partial charge is 0.185 e. The molecule has 1 aliphatic heterocycles. The van der Waals surface area contributed by atoms with E-state index in [9.17, 15) is 4.39 Å². The number of unbranched alkanes of at least 4 members (excludes halogenated alkanes) is 1. The van der Waals surface area contributed by atoms with Gasteiger partial charge in [0.25, 0.3) is 0 Å². The molecule has 2 aromatic rings. The van der Waals surface area contributed by atoms with Gasteiger partial charge < -0.3 is 9.47 Å². The van der Waals surface area contributed by atoms with Crippen molar-refractivity contribution in [3.05, 3.63) is 52.9 Å². The number of nitrogens with zero attached hydrogens (tertiary/aromatic N) is 1. The van der Waals surface area contributed by atoms with E-state index < -0.39 is 5.82 Å². The Morgan fingerprint density at radius 1 is 1.21 bits per heavy atom.